The molecule has 3 aromatic rings. The normalized spacial score (nSPS) is 11.2. The number of nitrogens with zero attached hydrogens (tertiary/aromatic N) is 1. The summed E-state index contributed by atoms with van der Waals surface area (Å²) in [6.07, 6.45) is 0.977. The molecule has 5 heteroatoms. The molecule has 0 bridgehead atoms. The van der Waals surface area contributed by atoms with Gasteiger partial charge in [-0.2, -0.15) is 0 Å². The minimum Gasteiger partial charge on any atom is -0.451 e. The molecule has 0 unspecified atom stereocenters. The lowest BCUT2D eigenvalue weighted by Gasteiger charge is -2.10. The Kier molecular flexibility index (Phi) is 5.11. The Morgan fingerprint density at radius 2 is 1.88 bits per heavy atom. The number of anilines is 1. The Balaban J connectivity index is 1.75. The van der Waals surface area contributed by atoms with Crippen molar-refractivity contribution in [3.8, 4) is 0 Å². The van der Waals surface area contributed by atoms with Crippen LogP contribution in [0.2, 0.25) is 5.02 Å². The van der Waals surface area contributed by atoms with Gasteiger partial charge in [-0.05, 0) is 63.3 Å². The highest BCUT2D eigenvalue weighted by Crippen LogP contribution is 2.28. The van der Waals surface area contributed by atoms with Crippen LogP contribution in [0.5, 0.6) is 0 Å². The summed E-state index contributed by atoms with van der Waals surface area (Å²) in [4.78, 5) is 14.7. The average Bonchev–Trinajstić information content (AvgIpc) is 2.91. The molecular weight excluding hydrogens is 336 g/mol. The zero-order valence-corrected chi connectivity index (χ0v) is 15.4. The van der Waals surface area contributed by atoms with Gasteiger partial charge in [0, 0.05) is 28.2 Å². The second kappa shape index (κ2) is 7.30. The van der Waals surface area contributed by atoms with Gasteiger partial charge in [0.05, 0.1) is 0 Å². The van der Waals surface area contributed by atoms with Crippen molar-refractivity contribution in [1.82, 2.24) is 4.90 Å². The molecule has 130 valence electrons. The molecule has 0 spiro atoms. The van der Waals surface area contributed by atoms with Crippen molar-refractivity contribution >= 4 is 34.2 Å². The molecule has 0 aliphatic carbocycles. The monoisotopic (exact) mass is 356 g/mol. The molecule has 0 aliphatic heterocycles. The molecule has 4 nitrogen and oxygen atoms in total. The summed E-state index contributed by atoms with van der Waals surface area (Å²) in [6.45, 7) is 2.86. The van der Waals surface area contributed by atoms with Crippen molar-refractivity contribution in [2.45, 2.75) is 13.3 Å². The first-order valence-corrected chi connectivity index (χ1v) is 8.55. The number of likely N-dealkylation sites (N-methyl/N-ethyl adjacent to an activating group) is 1. The fourth-order valence-corrected chi connectivity index (χ4v) is 2.88. The number of furan rings is 1. The molecule has 3 rings (SSSR count). The number of carbonyl (C=O) groups is 1. The third-order valence-corrected chi connectivity index (χ3v) is 4.40. The van der Waals surface area contributed by atoms with E-state index in [0.717, 1.165) is 29.6 Å². The first kappa shape index (κ1) is 17.5. The quantitative estimate of drug-likeness (QED) is 0.717. The van der Waals surface area contributed by atoms with Gasteiger partial charge in [-0.3, -0.25) is 4.79 Å². The van der Waals surface area contributed by atoms with Crippen LogP contribution in [0.15, 0.2) is 46.9 Å². The molecule has 0 fully saturated rings. The first-order valence-electron chi connectivity index (χ1n) is 8.17. The molecule has 0 aliphatic rings. The highest BCUT2D eigenvalue weighted by Gasteiger charge is 2.18. The van der Waals surface area contributed by atoms with Gasteiger partial charge in [-0.1, -0.05) is 23.7 Å². The van der Waals surface area contributed by atoms with Crippen LogP contribution in [-0.4, -0.2) is 31.4 Å². The second-order valence-electron chi connectivity index (χ2n) is 6.40. The molecule has 0 saturated heterocycles. The number of nitrogens with one attached hydrogen (secondary N) is 1. The maximum atomic E-state index is 12.5. The van der Waals surface area contributed by atoms with E-state index in [4.69, 9.17) is 16.0 Å². The van der Waals surface area contributed by atoms with Crippen LogP contribution < -0.4 is 5.32 Å². The third-order valence-electron chi connectivity index (χ3n) is 4.16. The van der Waals surface area contributed by atoms with E-state index in [9.17, 15) is 4.79 Å². The van der Waals surface area contributed by atoms with Crippen molar-refractivity contribution in [2.75, 3.05) is 26.0 Å². The third kappa shape index (κ3) is 4.03. The summed E-state index contributed by atoms with van der Waals surface area (Å²) in [5.41, 5.74) is 3.43. The molecular formula is C20H21ClN2O2. The minimum atomic E-state index is -0.258. The lowest BCUT2D eigenvalue weighted by molar-refractivity contribution is 0.0998. The Bertz CT molecular complexity index is 898. The lowest BCUT2D eigenvalue weighted by atomic mass is 10.1. The molecule has 1 heterocycles. The van der Waals surface area contributed by atoms with Crippen LogP contribution in [0, 0.1) is 6.92 Å². The maximum absolute atomic E-state index is 12.5. The summed E-state index contributed by atoms with van der Waals surface area (Å²) in [7, 11) is 4.11. The Morgan fingerprint density at radius 3 is 2.56 bits per heavy atom. The van der Waals surface area contributed by atoms with E-state index in [1.165, 1.54) is 5.56 Å². The molecule has 0 saturated carbocycles. The van der Waals surface area contributed by atoms with Gasteiger partial charge >= 0.3 is 0 Å². The number of benzene rings is 2. The maximum Gasteiger partial charge on any atom is 0.291 e. The van der Waals surface area contributed by atoms with E-state index < -0.39 is 0 Å². The second-order valence-corrected chi connectivity index (χ2v) is 6.84. The summed E-state index contributed by atoms with van der Waals surface area (Å²) in [6, 6.07) is 13.2. The number of aryl methyl sites for hydroxylation is 1. The molecule has 1 aromatic heterocycles. The molecule has 2 aromatic carbocycles. The van der Waals surface area contributed by atoms with Crippen LogP contribution in [0.1, 0.15) is 21.7 Å². The van der Waals surface area contributed by atoms with E-state index in [0.29, 0.717) is 16.4 Å². The van der Waals surface area contributed by atoms with Gasteiger partial charge in [0.1, 0.15) is 5.58 Å². The van der Waals surface area contributed by atoms with E-state index >= 15 is 0 Å². The largest absolute Gasteiger partial charge is 0.451 e. The van der Waals surface area contributed by atoms with Crippen molar-refractivity contribution in [3.63, 3.8) is 0 Å². The van der Waals surface area contributed by atoms with E-state index in [1.54, 1.807) is 12.1 Å². The zero-order chi connectivity index (χ0) is 18.0. The Hall–Kier alpha value is -2.30. The number of halogens is 1. The number of carbonyl (C=O) groups excluding carboxylic acids is 1. The number of fused-ring (bicyclic) bond motifs is 1. The molecule has 1 N–H and O–H groups in total. The van der Waals surface area contributed by atoms with Crippen LogP contribution in [0.3, 0.4) is 0 Å². The number of hydrogen-bond acceptors (Lipinski definition) is 3. The first-order chi connectivity index (χ1) is 11.9. The number of amides is 1. The van der Waals surface area contributed by atoms with Crippen LogP contribution in [0.25, 0.3) is 11.0 Å². The van der Waals surface area contributed by atoms with Crippen LogP contribution in [0.4, 0.5) is 5.69 Å². The van der Waals surface area contributed by atoms with Crippen molar-refractivity contribution in [1.29, 1.82) is 0 Å². The zero-order valence-electron chi connectivity index (χ0n) is 14.6. The molecule has 0 radical (unpaired) electrons. The van der Waals surface area contributed by atoms with Crippen LogP contribution >= 0.6 is 11.6 Å². The van der Waals surface area contributed by atoms with Gasteiger partial charge in [-0.25, -0.2) is 0 Å². The van der Waals surface area contributed by atoms with Crippen molar-refractivity contribution in [3.05, 3.63) is 64.4 Å². The van der Waals surface area contributed by atoms with Gasteiger partial charge in [0.2, 0.25) is 0 Å². The topological polar surface area (TPSA) is 45.5 Å². The smallest absolute Gasteiger partial charge is 0.291 e. The van der Waals surface area contributed by atoms with Gasteiger partial charge in [0.25, 0.3) is 5.91 Å². The predicted octanol–water partition coefficient (Wildman–Crippen LogP) is 4.75. The molecule has 25 heavy (non-hydrogen) atoms. The minimum absolute atomic E-state index is 0.258. The van der Waals surface area contributed by atoms with E-state index in [1.807, 2.05) is 37.3 Å². The highest BCUT2D eigenvalue weighted by atomic mass is 35.5. The van der Waals surface area contributed by atoms with Gasteiger partial charge < -0.3 is 14.6 Å². The van der Waals surface area contributed by atoms with E-state index in [2.05, 4.69) is 24.3 Å². The lowest BCUT2D eigenvalue weighted by Crippen LogP contribution is -2.15. The van der Waals surface area contributed by atoms with Gasteiger partial charge in [-0.15, -0.1) is 0 Å². The summed E-state index contributed by atoms with van der Waals surface area (Å²) in [5.74, 6) is 0.0554. The fourth-order valence-electron chi connectivity index (χ4n) is 2.71. The predicted molar refractivity (Wildman–Crippen MR) is 103 cm³/mol. The standard InChI is InChI=1S/C20H21ClN2O2/c1-13-17-12-15(21)6-9-18(17)25-19(13)20(24)22-16-7-4-14(5-8-16)10-11-23(2)3/h4-9,12H,10-11H2,1-3H3,(H,22,24). The van der Waals surface area contributed by atoms with E-state index in [-0.39, 0.29) is 5.91 Å². The summed E-state index contributed by atoms with van der Waals surface area (Å²) in [5, 5.41) is 4.37. The van der Waals surface area contributed by atoms with Crippen molar-refractivity contribution in [2.24, 2.45) is 0 Å². The van der Waals surface area contributed by atoms with Crippen LogP contribution in [-0.2, 0) is 6.42 Å². The Morgan fingerprint density at radius 1 is 1.16 bits per heavy atom. The number of rotatable bonds is 5. The average molecular weight is 357 g/mol. The Labute approximate surface area is 152 Å². The summed E-state index contributed by atoms with van der Waals surface area (Å²) < 4.78 is 5.70. The molecule has 0 atom stereocenters. The SMILES string of the molecule is Cc1c(C(=O)Nc2ccc(CCN(C)C)cc2)oc2ccc(Cl)cc12. The fraction of sp³-hybridized carbons (Fsp3) is 0.250. The van der Waals surface area contributed by atoms with Gasteiger partial charge in [0.15, 0.2) is 5.76 Å². The highest BCUT2D eigenvalue weighted by molar-refractivity contribution is 6.31. The number of hydrogen-bond donors (Lipinski definition) is 1. The summed E-state index contributed by atoms with van der Waals surface area (Å²) >= 11 is 6.02. The van der Waals surface area contributed by atoms with Crippen molar-refractivity contribution < 1.29 is 9.21 Å². The molecule has 1 amide bonds.